The molecule has 6 heteroatoms. The maximum absolute atomic E-state index is 12.4. The molecular formula is C15H17ClN4O. The molecule has 0 radical (unpaired) electrons. The van der Waals surface area contributed by atoms with E-state index in [0.717, 1.165) is 5.52 Å². The third-order valence-electron chi connectivity index (χ3n) is 3.63. The van der Waals surface area contributed by atoms with E-state index in [9.17, 15) is 10.1 Å². The summed E-state index contributed by atoms with van der Waals surface area (Å²) in [5.41, 5.74) is 1.84. The highest BCUT2D eigenvalue weighted by atomic mass is 35.5. The smallest absolute Gasteiger partial charge is 0.245 e. The van der Waals surface area contributed by atoms with E-state index < -0.39 is 6.04 Å². The Morgan fingerprint density at radius 3 is 2.86 bits per heavy atom. The van der Waals surface area contributed by atoms with Crippen molar-refractivity contribution in [3.8, 4) is 6.07 Å². The molecule has 1 aromatic heterocycles. The minimum absolute atomic E-state index is 0.00877. The van der Waals surface area contributed by atoms with Gasteiger partial charge in [-0.1, -0.05) is 6.07 Å². The summed E-state index contributed by atoms with van der Waals surface area (Å²) in [4.78, 5) is 18.5. The van der Waals surface area contributed by atoms with E-state index in [-0.39, 0.29) is 11.8 Å². The van der Waals surface area contributed by atoms with Crippen molar-refractivity contribution in [2.24, 2.45) is 0 Å². The number of nitriles is 1. The lowest BCUT2D eigenvalue weighted by molar-refractivity contribution is -0.132. The second-order valence-electron chi connectivity index (χ2n) is 4.85. The molecule has 2 aromatic rings. The van der Waals surface area contributed by atoms with E-state index in [0.29, 0.717) is 23.4 Å². The summed E-state index contributed by atoms with van der Waals surface area (Å²) in [6.45, 7) is 4.38. The lowest BCUT2D eigenvalue weighted by Gasteiger charge is -2.22. The predicted octanol–water partition coefficient (Wildman–Crippen LogP) is 2.69. The van der Waals surface area contributed by atoms with Crippen LogP contribution in [0.5, 0.6) is 0 Å². The summed E-state index contributed by atoms with van der Waals surface area (Å²) in [6, 6.07) is 7.06. The standard InChI is InChI=1S/C15H17ClN4O/c1-4-19(3)15(21)10(2)20-12-7-5-6-11(9-17)14(12)18-13(20)8-16/h5-7,10H,4,8H2,1-3H3. The molecule has 5 nitrogen and oxygen atoms in total. The molecule has 0 bridgehead atoms. The van der Waals surface area contributed by atoms with Crippen molar-refractivity contribution in [1.82, 2.24) is 14.5 Å². The quantitative estimate of drug-likeness (QED) is 0.816. The molecule has 1 heterocycles. The zero-order valence-corrected chi connectivity index (χ0v) is 13.1. The van der Waals surface area contributed by atoms with Crippen molar-refractivity contribution in [2.45, 2.75) is 25.8 Å². The van der Waals surface area contributed by atoms with Crippen LogP contribution >= 0.6 is 11.6 Å². The van der Waals surface area contributed by atoms with Crippen LogP contribution in [0.2, 0.25) is 0 Å². The molecule has 0 fully saturated rings. The normalized spacial score (nSPS) is 12.1. The fourth-order valence-corrected chi connectivity index (χ4v) is 2.56. The Kier molecular flexibility index (Phi) is 4.49. The number of para-hydroxylation sites is 1. The molecule has 0 spiro atoms. The van der Waals surface area contributed by atoms with Gasteiger partial charge in [-0.25, -0.2) is 4.98 Å². The fraction of sp³-hybridized carbons (Fsp3) is 0.400. The number of fused-ring (bicyclic) bond motifs is 1. The van der Waals surface area contributed by atoms with Gasteiger partial charge in [0.25, 0.3) is 0 Å². The van der Waals surface area contributed by atoms with Crippen LogP contribution in [0.25, 0.3) is 11.0 Å². The Morgan fingerprint density at radius 2 is 2.29 bits per heavy atom. The molecule has 1 atom stereocenters. The number of aromatic nitrogens is 2. The number of amides is 1. The van der Waals surface area contributed by atoms with Crippen molar-refractivity contribution in [1.29, 1.82) is 5.26 Å². The Morgan fingerprint density at radius 1 is 1.57 bits per heavy atom. The summed E-state index contributed by atoms with van der Waals surface area (Å²) < 4.78 is 1.82. The number of halogens is 1. The zero-order chi connectivity index (χ0) is 15.6. The van der Waals surface area contributed by atoms with Crippen molar-refractivity contribution in [2.75, 3.05) is 13.6 Å². The zero-order valence-electron chi connectivity index (χ0n) is 12.3. The van der Waals surface area contributed by atoms with Gasteiger partial charge in [-0.2, -0.15) is 5.26 Å². The van der Waals surface area contributed by atoms with Crippen LogP contribution in [0.1, 0.15) is 31.3 Å². The first-order valence-electron chi connectivity index (χ1n) is 6.76. The van der Waals surface area contributed by atoms with Gasteiger partial charge in [0.15, 0.2) is 0 Å². The average molecular weight is 305 g/mol. The van der Waals surface area contributed by atoms with Gasteiger partial charge >= 0.3 is 0 Å². The number of rotatable bonds is 4. The molecule has 21 heavy (non-hydrogen) atoms. The molecule has 0 N–H and O–H groups in total. The van der Waals surface area contributed by atoms with Crippen LogP contribution in [0.3, 0.4) is 0 Å². The number of hydrogen-bond donors (Lipinski definition) is 0. The van der Waals surface area contributed by atoms with Crippen LogP contribution in [0.15, 0.2) is 18.2 Å². The summed E-state index contributed by atoms with van der Waals surface area (Å²) in [6.07, 6.45) is 0. The number of hydrogen-bond acceptors (Lipinski definition) is 3. The average Bonchev–Trinajstić information content (AvgIpc) is 2.90. The van der Waals surface area contributed by atoms with E-state index in [1.807, 2.05) is 24.5 Å². The topological polar surface area (TPSA) is 61.9 Å². The van der Waals surface area contributed by atoms with Crippen molar-refractivity contribution >= 4 is 28.5 Å². The van der Waals surface area contributed by atoms with Crippen LogP contribution in [-0.2, 0) is 10.7 Å². The largest absolute Gasteiger partial charge is 0.344 e. The Balaban J connectivity index is 2.63. The Bertz CT molecular complexity index is 716. The number of carbonyl (C=O) groups is 1. The number of carbonyl (C=O) groups excluding carboxylic acids is 1. The fourth-order valence-electron chi connectivity index (χ4n) is 2.37. The molecular weight excluding hydrogens is 288 g/mol. The van der Waals surface area contributed by atoms with Crippen LogP contribution in [0.4, 0.5) is 0 Å². The van der Waals surface area contributed by atoms with Gasteiger partial charge in [0.05, 0.1) is 17.0 Å². The molecule has 0 saturated heterocycles. The molecule has 1 unspecified atom stereocenters. The summed E-state index contributed by atoms with van der Waals surface area (Å²) in [5, 5.41) is 9.18. The first-order valence-corrected chi connectivity index (χ1v) is 7.29. The lowest BCUT2D eigenvalue weighted by atomic mass is 10.2. The highest BCUT2D eigenvalue weighted by molar-refractivity contribution is 6.17. The predicted molar refractivity (Wildman–Crippen MR) is 82.0 cm³/mol. The van der Waals surface area contributed by atoms with Crippen molar-refractivity contribution in [3.05, 3.63) is 29.6 Å². The van der Waals surface area contributed by atoms with E-state index in [4.69, 9.17) is 11.6 Å². The van der Waals surface area contributed by atoms with E-state index in [1.165, 1.54) is 0 Å². The van der Waals surface area contributed by atoms with Crippen molar-refractivity contribution < 1.29 is 4.79 Å². The number of imidazole rings is 1. The molecule has 1 amide bonds. The van der Waals surface area contributed by atoms with Crippen LogP contribution < -0.4 is 0 Å². The summed E-state index contributed by atoms with van der Waals surface area (Å²) in [5.74, 6) is 0.776. The van der Waals surface area contributed by atoms with Gasteiger partial charge < -0.3 is 9.47 Å². The third kappa shape index (κ3) is 2.59. The number of likely N-dealkylation sites (N-methyl/N-ethyl adjacent to an activating group) is 1. The second kappa shape index (κ2) is 6.15. The number of benzene rings is 1. The SMILES string of the molecule is CCN(C)C(=O)C(C)n1c(CCl)nc2c(C#N)cccc21. The highest BCUT2D eigenvalue weighted by Gasteiger charge is 2.24. The minimum atomic E-state index is -0.414. The number of alkyl halides is 1. The molecule has 0 aliphatic rings. The van der Waals surface area contributed by atoms with Crippen LogP contribution in [-0.4, -0.2) is 34.0 Å². The van der Waals surface area contributed by atoms with E-state index in [2.05, 4.69) is 11.1 Å². The molecule has 0 aliphatic carbocycles. The van der Waals surface area contributed by atoms with Gasteiger partial charge in [0, 0.05) is 13.6 Å². The van der Waals surface area contributed by atoms with Gasteiger partial charge in [0.1, 0.15) is 23.5 Å². The maximum atomic E-state index is 12.4. The van der Waals surface area contributed by atoms with E-state index in [1.54, 1.807) is 24.1 Å². The first-order chi connectivity index (χ1) is 10.0. The van der Waals surface area contributed by atoms with Crippen LogP contribution in [0, 0.1) is 11.3 Å². The molecule has 2 rings (SSSR count). The molecule has 0 aliphatic heterocycles. The summed E-state index contributed by atoms with van der Waals surface area (Å²) >= 11 is 5.97. The molecule has 110 valence electrons. The lowest BCUT2D eigenvalue weighted by Crippen LogP contribution is -2.33. The molecule has 0 saturated carbocycles. The summed E-state index contributed by atoms with van der Waals surface area (Å²) in [7, 11) is 1.76. The minimum Gasteiger partial charge on any atom is -0.344 e. The second-order valence-corrected chi connectivity index (χ2v) is 5.11. The Hall–Kier alpha value is -2.06. The third-order valence-corrected chi connectivity index (χ3v) is 3.87. The molecule has 1 aromatic carbocycles. The van der Waals surface area contributed by atoms with E-state index >= 15 is 0 Å². The van der Waals surface area contributed by atoms with Gasteiger partial charge in [0.2, 0.25) is 5.91 Å². The highest BCUT2D eigenvalue weighted by Crippen LogP contribution is 2.25. The van der Waals surface area contributed by atoms with Gasteiger partial charge in [-0.05, 0) is 26.0 Å². The Labute approximate surface area is 128 Å². The van der Waals surface area contributed by atoms with Gasteiger partial charge in [-0.3, -0.25) is 4.79 Å². The van der Waals surface area contributed by atoms with Gasteiger partial charge in [-0.15, -0.1) is 11.6 Å². The monoisotopic (exact) mass is 304 g/mol. The number of nitrogens with zero attached hydrogens (tertiary/aromatic N) is 4. The maximum Gasteiger partial charge on any atom is 0.245 e. The first kappa shape index (κ1) is 15.3. The van der Waals surface area contributed by atoms with Crippen molar-refractivity contribution in [3.63, 3.8) is 0 Å².